The van der Waals surface area contributed by atoms with E-state index in [0.29, 0.717) is 0 Å². The zero-order chi connectivity index (χ0) is 13.1. The Morgan fingerprint density at radius 1 is 0.947 bits per heavy atom. The largest absolute Gasteiger partial charge is 0.373 e. The molecule has 1 aliphatic carbocycles. The van der Waals surface area contributed by atoms with E-state index >= 15 is 0 Å². The van der Waals surface area contributed by atoms with E-state index in [2.05, 4.69) is 61.5 Å². The Balaban J connectivity index is 1.64. The van der Waals surface area contributed by atoms with Crippen molar-refractivity contribution >= 4 is 0 Å². The first kappa shape index (κ1) is 12.4. The third-order valence-electron chi connectivity index (χ3n) is 4.12. The van der Waals surface area contributed by atoms with Crippen LogP contribution in [0.5, 0.6) is 0 Å². The zero-order valence-electron chi connectivity index (χ0n) is 11.4. The van der Waals surface area contributed by atoms with E-state index in [1.165, 1.54) is 24.0 Å². The van der Waals surface area contributed by atoms with Crippen molar-refractivity contribution in [2.75, 3.05) is 6.61 Å². The highest BCUT2D eigenvalue weighted by Gasteiger charge is 2.44. The van der Waals surface area contributed by atoms with Crippen molar-refractivity contribution in [3.8, 4) is 0 Å². The second kappa shape index (κ2) is 5.18. The molecule has 1 unspecified atom stereocenters. The second-order valence-electron chi connectivity index (χ2n) is 5.51. The Morgan fingerprint density at radius 2 is 1.53 bits per heavy atom. The summed E-state index contributed by atoms with van der Waals surface area (Å²) in [6.07, 6.45) is 2.67. The molecule has 1 fully saturated rings. The second-order valence-corrected chi connectivity index (χ2v) is 5.51. The van der Waals surface area contributed by atoms with E-state index < -0.39 is 0 Å². The van der Waals surface area contributed by atoms with Crippen molar-refractivity contribution in [3.63, 3.8) is 0 Å². The van der Waals surface area contributed by atoms with E-state index in [-0.39, 0.29) is 11.5 Å². The van der Waals surface area contributed by atoms with Crippen LogP contribution in [-0.4, -0.2) is 6.61 Å². The summed E-state index contributed by atoms with van der Waals surface area (Å²) in [6, 6.07) is 21.2. The molecule has 0 radical (unpaired) electrons. The lowest BCUT2D eigenvalue weighted by Crippen LogP contribution is -2.16. The molecule has 1 heteroatoms. The molecule has 0 aromatic heterocycles. The molecule has 0 amide bonds. The monoisotopic (exact) mass is 252 g/mol. The summed E-state index contributed by atoms with van der Waals surface area (Å²) in [4.78, 5) is 0. The normalized spacial score (nSPS) is 17.9. The minimum Gasteiger partial charge on any atom is -0.373 e. The summed E-state index contributed by atoms with van der Waals surface area (Å²) in [5.74, 6) is 0. The quantitative estimate of drug-likeness (QED) is 0.761. The fourth-order valence-electron chi connectivity index (χ4n) is 2.56. The molecule has 0 spiro atoms. The summed E-state index contributed by atoms with van der Waals surface area (Å²) in [6.45, 7) is 2.96. The molecule has 98 valence electrons. The number of benzene rings is 2. The smallest absolute Gasteiger partial charge is 0.0797 e. The van der Waals surface area contributed by atoms with Gasteiger partial charge in [-0.2, -0.15) is 0 Å². The minimum absolute atomic E-state index is 0.169. The van der Waals surface area contributed by atoms with Crippen LogP contribution in [0.2, 0.25) is 0 Å². The SMILES string of the molecule is CC(OCC1(c2ccccc2)CC1)c1ccccc1. The van der Waals surface area contributed by atoms with E-state index in [9.17, 15) is 0 Å². The molecule has 2 aromatic rings. The van der Waals surface area contributed by atoms with Gasteiger partial charge in [-0.3, -0.25) is 0 Å². The van der Waals surface area contributed by atoms with Gasteiger partial charge in [-0.15, -0.1) is 0 Å². The topological polar surface area (TPSA) is 9.23 Å². The Labute approximate surface area is 115 Å². The predicted molar refractivity (Wildman–Crippen MR) is 78.2 cm³/mol. The molecular weight excluding hydrogens is 232 g/mol. The molecule has 0 aliphatic heterocycles. The van der Waals surface area contributed by atoms with Crippen LogP contribution in [0.1, 0.15) is 37.0 Å². The highest BCUT2D eigenvalue weighted by Crippen LogP contribution is 2.48. The molecule has 1 nitrogen and oxygen atoms in total. The van der Waals surface area contributed by atoms with Crippen LogP contribution in [0.3, 0.4) is 0 Å². The first-order chi connectivity index (χ1) is 9.30. The number of hydrogen-bond donors (Lipinski definition) is 0. The molecule has 1 saturated carbocycles. The Bertz CT molecular complexity index is 514. The van der Waals surface area contributed by atoms with Crippen molar-refractivity contribution < 1.29 is 4.74 Å². The summed E-state index contributed by atoms with van der Waals surface area (Å²) in [7, 11) is 0. The molecule has 3 rings (SSSR count). The molecule has 1 aliphatic rings. The van der Waals surface area contributed by atoms with Crippen molar-refractivity contribution in [2.45, 2.75) is 31.3 Å². The lowest BCUT2D eigenvalue weighted by molar-refractivity contribution is 0.0495. The van der Waals surface area contributed by atoms with Gasteiger partial charge in [-0.25, -0.2) is 0 Å². The first-order valence-electron chi connectivity index (χ1n) is 7.02. The summed E-state index contributed by atoms with van der Waals surface area (Å²) >= 11 is 0. The third-order valence-corrected chi connectivity index (χ3v) is 4.12. The van der Waals surface area contributed by atoms with Gasteiger partial charge in [0, 0.05) is 5.41 Å². The van der Waals surface area contributed by atoms with Crippen LogP contribution in [0.4, 0.5) is 0 Å². The van der Waals surface area contributed by atoms with Gasteiger partial charge in [0.2, 0.25) is 0 Å². The van der Waals surface area contributed by atoms with Gasteiger partial charge in [-0.05, 0) is 30.9 Å². The first-order valence-corrected chi connectivity index (χ1v) is 7.02. The Kier molecular flexibility index (Phi) is 3.39. The van der Waals surface area contributed by atoms with Crippen LogP contribution in [0, 0.1) is 0 Å². The number of ether oxygens (including phenoxy) is 1. The number of hydrogen-bond acceptors (Lipinski definition) is 1. The van der Waals surface area contributed by atoms with Crippen LogP contribution < -0.4 is 0 Å². The molecule has 1 atom stereocenters. The van der Waals surface area contributed by atoms with Crippen LogP contribution in [0.25, 0.3) is 0 Å². The maximum absolute atomic E-state index is 6.11. The summed E-state index contributed by atoms with van der Waals surface area (Å²) in [5, 5.41) is 0. The zero-order valence-corrected chi connectivity index (χ0v) is 11.4. The molecular formula is C18H20O. The standard InChI is InChI=1S/C18H20O/c1-15(16-8-4-2-5-9-16)19-14-18(12-13-18)17-10-6-3-7-11-17/h2-11,15H,12-14H2,1H3. The minimum atomic E-state index is 0.169. The molecule has 0 N–H and O–H groups in total. The van der Waals surface area contributed by atoms with E-state index in [0.717, 1.165) is 6.61 Å². The van der Waals surface area contributed by atoms with E-state index in [1.807, 2.05) is 6.07 Å². The molecule has 2 aromatic carbocycles. The van der Waals surface area contributed by atoms with Gasteiger partial charge in [-0.1, -0.05) is 60.7 Å². The maximum atomic E-state index is 6.11. The van der Waals surface area contributed by atoms with E-state index in [1.54, 1.807) is 0 Å². The van der Waals surface area contributed by atoms with Gasteiger partial charge in [0.1, 0.15) is 0 Å². The highest BCUT2D eigenvalue weighted by molar-refractivity contribution is 5.31. The average Bonchev–Trinajstić information content (AvgIpc) is 3.28. The molecule has 0 saturated heterocycles. The lowest BCUT2D eigenvalue weighted by atomic mass is 9.97. The van der Waals surface area contributed by atoms with Crippen molar-refractivity contribution in [3.05, 3.63) is 71.8 Å². The maximum Gasteiger partial charge on any atom is 0.0797 e. The van der Waals surface area contributed by atoms with Gasteiger partial charge < -0.3 is 4.74 Å². The molecule has 0 bridgehead atoms. The Hall–Kier alpha value is -1.60. The van der Waals surface area contributed by atoms with Crippen LogP contribution in [0.15, 0.2) is 60.7 Å². The number of rotatable bonds is 5. The summed E-state index contributed by atoms with van der Waals surface area (Å²) in [5.41, 5.74) is 2.96. The van der Waals surface area contributed by atoms with Crippen LogP contribution in [-0.2, 0) is 10.2 Å². The van der Waals surface area contributed by atoms with Gasteiger partial charge in [0.15, 0.2) is 0 Å². The fraction of sp³-hybridized carbons (Fsp3) is 0.333. The fourth-order valence-corrected chi connectivity index (χ4v) is 2.56. The Morgan fingerprint density at radius 3 is 2.11 bits per heavy atom. The van der Waals surface area contributed by atoms with Crippen LogP contribution >= 0.6 is 0 Å². The van der Waals surface area contributed by atoms with Crippen molar-refractivity contribution in [1.82, 2.24) is 0 Å². The highest BCUT2D eigenvalue weighted by atomic mass is 16.5. The molecule has 19 heavy (non-hydrogen) atoms. The third kappa shape index (κ3) is 2.71. The average molecular weight is 252 g/mol. The van der Waals surface area contributed by atoms with Crippen molar-refractivity contribution in [2.24, 2.45) is 0 Å². The summed E-state index contributed by atoms with van der Waals surface area (Å²) < 4.78 is 6.11. The van der Waals surface area contributed by atoms with Crippen molar-refractivity contribution in [1.29, 1.82) is 0 Å². The van der Waals surface area contributed by atoms with Gasteiger partial charge in [0.05, 0.1) is 12.7 Å². The lowest BCUT2D eigenvalue weighted by Gasteiger charge is -2.20. The van der Waals surface area contributed by atoms with Gasteiger partial charge in [0.25, 0.3) is 0 Å². The van der Waals surface area contributed by atoms with E-state index in [4.69, 9.17) is 4.74 Å². The molecule has 0 heterocycles. The predicted octanol–water partition coefficient (Wildman–Crippen LogP) is 4.50. The van der Waals surface area contributed by atoms with Gasteiger partial charge >= 0.3 is 0 Å².